The number of hydrogen-bond acceptors (Lipinski definition) is 3. The first kappa shape index (κ1) is 12.3. The molecule has 0 aliphatic heterocycles. The number of aromatic nitrogens is 1. The molecule has 0 aliphatic rings. The highest BCUT2D eigenvalue weighted by Crippen LogP contribution is 2.22. The van der Waals surface area contributed by atoms with Crippen molar-refractivity contribution in [2.75, 3.05) is 0 Å². The zero-order valence-electron chi connectivity index (χ0n) is 10.7. The van der Waals surface area contributed by atoms with Crippen LogP contribution in [0.15, 0.2) is 70.1 Å². The average molecular weight is 267 g/mol. The third kappa shape index (κ3) is 2.36. The third-order valence-electron chi connectivity index (χ3n) is 3.08. The lowest BCUT2D eigenvalue weighted by Gasteiger charge is -2.12. The number of nitrogens with zero attached hydrogens (tertiary/aromatic N) is 1. The molecule has 0 radical (unpaired) electrons. The van der Waals surface area contributed by atoms with Crippen molar-refractivity contribution in [3.05, 3.63) is 77.0 Å². The number of furan rings is 1. The maximum Gasteiger partial charge on any atom is 0.255 e. The van der Waals surface area contributed by atoms with Crippen molar-refractivity contribution < 1.29 is 9.52 Å². The van der Waals surface area contributed by atoms with Crippen molar-refractivity contribution in [2.45, 2.75) is 6.54 Å². The molecule has 0 atom stereocenters. The van der Waals surface area contributed by atoms with Crippen LogP contribution in [0.2, 0.25) is 0 Å². The standard InChI is InChI=1S/C16H13NO3/c18-13-9-15(12-5-2-1-3-6-12)17(16(19)10-13)11-14-7-4-8-20-14/h1-10,18H,11H2. The molecule has 0 spiro atoms. The van der Waals surface area contributed by atoms with Gasteiger partial charge in [0.15, 0.2) is 0 Å². The second-order valence-electron chi connectivity index (χ2n) is 4.47. The van der Waals surface area contributed by atoms with Gasteiger partial charge in [-0.25, -0.2) is 0 Å². The first-order chi connectivity index (χ1) is 9.74. The molecule has 0 amide bonds. The minimum atomic E-state index is -0.264. The molecule has 0 saturated heterocycles. The van der Waals surface area contributed by atoms with Crippen molar-refractivity contribution >= 4 is 0 Å². The Balaban J connectivity index is 2.15. The first-order valence-electron chi connectivity index (χ1n) is 6.26. The Bertz CT molecular complexity index is 758. The monoisotopic (exact) mass is 267 g/mol. The Hall–Kier alpha value is -2.75. The van der Waals surface area contributed by atoms with Crippen LogP contribution < -0.4 is 5.56 Å². The third-order valence-corrected chi connectivity index (χ3v) is 3.08. The Morgan fingerprint density at radius 2 is 1.85 bits per heavy atom. The van der Waals surface area contributed by atoms with Crippen LogP contribution in [-0.4, -0.2) is 9.67 Å². The van der Waals surface area contributed by atoms with E-state index in [0.29, 0.717) is 18.0 Å². The quantitative estimate of drug-likeness (QED) is 0.793. The maximum absolute atomic E-state index is 12.1. The van der Waals surface area contributed by atoms with Crippen molar-refractivity contribution in [3.8, 4) is 17.0 Å². The molecule has 0 saturated carbocycles. The van der Waals surface area contributed by atoms with E-state index in [1.54, 1.807) is 23.0 Å². The van der Waals surface area contributed by atoms with Crippen LogP contribution in [0.4, 0.5) is 0 Å². The molecule has 0 aliphatic carbocycles. The van der Waals surface area contributed by atoms with Gasteiger partial charge in [0, 0.05) is 12.1 Å². The fourth-order valence-corrected chi connectivity index (χ4v) is 2.15. The molecule has 1 aromatic carbocycles. The number of aromatic hydroxyl groups is 1. The van der Waals surface area contributed by atoms with Crippen LogP contribution in [0, 0.1) is 0 Å². The molecule has 3 rings (SSSR count). The Kier molecular flexibility index (Phi) is 3.13. The molecule has 100 valence electrons. The molecular formula is C16H13NO3. The van der Waals surface area contributed by atoms with Crippen molar-refractivity contribution in [1.82, 2.24) is 4.57 Å². The lowest BCUT2D eigenvalue weighted by molar-refractivity contribution is 0.466. The summed E-state index contributed by atoms with van der Waals surface area (Å²) in [5.74, 6) is 0.652. The fourth-order valence-electron chi connectivity index (χ4n) is 2.15. The summed E-state index contributed by atoms with van der Waals surface area (Å²) in [5.41, 5.74) is 1.26. The van der Waals surface area contributed by atoms with E-state index in [1.165, 1.54) is 6.07 Å². The highest BCUT2D eigenvalue weighted by molar-refractivity contribution is 5.61. The highest BCUT2D eigenvalue weighted by atomic mass is 16.3. The molecule has 0 fully saturated rings. The zero-order valence-corrected chi connectivity index (χ0v) is 10.7. The van der Waals surface area contributed by atoms with E-state index < -0.39 is 0 Å². The topological polar surface area (TPSA) is 55.4 Å². The smallest absolute Gasteiger partial charge is 0.255 e. The minimum Gasteiger partial charge on any atom is -0.508 e. The van der Waals surface area contributed by atoms with Gasteiger partial charge in [-0.15, -0.1) is 0 Å². The van der Waals surface area contributed by atoms with Crippen LogP contribution in [0.25, 0.3) is 11.3 Å². The SMILES string of the molecule is O=c1cc(O)cc(-c2ccccc2)n1Cc1ccco1. The van der Waals surface area contributed by atoms with E-state index in [4.69, 9.17) is 4.42 Å². The summed E-state index contributed by atoms with van der Waals surface area (Å²) in [4.78, 5) is 12.1. The van der Waals surface area contributed by atoms with E-state index in [-0.39, 0.29) is 11.3 Å². The predicted molar refractivity (Wildman–Crippen MR) is 75.6 cm³/mol. The number of hydrogen-bond donors (Lipinski definition) is 1. The average Bonchev–Trinajstić information content (AvgIpc) is 2.95. The van der Waals surface area contributed by atoms with Gasteiger partial charge in [-0.3, -0.25) is 4.79 Å². The summed E-state index contributed by atoms with van der Waals surface area (Å²) in [6.07, 6.45) is 1.57. The van der Waals surface area contributed by atoms with E-state index in [1.807, 2.05) is 36.4 Å². The molecule has 4 heteroatoms. The van der Waals surface area contributed by atoms with Crippen LogP contribution in [0.1, 0.15) is 5.76 Å². The Labute approximate surface area is 115 Å². The second-order valence-corrected chi connectivity index (χ2v) is 4.47. The van der Waals surface area contributed by atoms with E-state index in [2.05, 4.69) is 0 Å². The normalized spacial score (nSPS) is 10.6. The Morgan fingerprint density at radius 1 is 1.05 bits per heavy atom. The summed E-state index contributed by atoms with van der Waals surface area (Å²) in [7, 11) is 0. The molecule has 4 nitrogen and oxygen atoms in total. The number of pyridine rings is 1. The van der Waals surface area contributed by atoms with Crippen molar-refractivity contribution in [1.29, 1.82) is 0 Å². The molecular weight excluding hydrogens is 254 g/mol. The molecule has 0 unspecified atom stereocenters. The summed E-state index contributed by atoms with van der Waals surface area (Å²) >= 11 is 0. The van der Waals surface area contributed by atoms with Gasteiger partial charge in [-0.1, -0.05) is 30.3 Å². The molecule has 2 heterocycles. The van der Waals surface area contributed by atoms with Gasteiger partial charge in [-0.2, -0.15) is 0 Å². The van der Waals surface area contributed by atoms with Gasteiger partial charge in [0.05, 0.1) is 18.5 Å². The van der Waals surface area contributed by atoms with Crippen LogP contribution in [0.3, 0.4) is 0 Å². The van der Waals surface area contributed by atoms with E-state index in [0.717, 1.165) is 5.56 Å². The lowest BCUT2D eigenvalue weighted by Crippen LogP contribution is -2.21. The van der Waals surface area contributed by atoms with Gasteiger partial charge in [0.25, 0.3) is 5.56 Å². The Morgan fingerprint density at radius 3 is 2.55 bits per heavy atom. The summed E-state index contributed by atoms with van der Waals surface area (Å²) in [5, 5.41) is 9.67. The molecule has 2 aromatic heterocycles. The molecule has 0 bridgehead atoms. The largest absolute Gasteiger partial charge is 0.508 e. The van der Waals surface area contributed by atoms with Gasteiger partial charge < -0.3 is 14.1 Å². The summed E-state index contributed by atoms with van der Waals surface area (Å²) in [6.45, 7) is 0.330. The van der Waals surface area contributed by atoms with Gasteiger partial charge >= 0.3 is 0 Å². The molecule has 20 heavy (non-hydrogen) atoms. The number of rotatable bonds is 3. The van der Waals surface area contributed by atoms with Gasteiger partial charge in [0.2, 0.25) is 0 Å². The van der Waals surface area contributed by atoms with E-state index >= 15 is 0 Å². The summed E-state index contributed by atoms with van der Waals surface area (Å²) < 4.78 is 6.87. The van der Waals surface area contributed by atoms with Crippen molar-refractivity contribution in [3.63, 3.8) is 0 Å². The van der Waals surface area contributed by atoms with Crippen molar-refractivity contribution in [2.24, 2.45) is 0 Å². The fraction of sp³-hybridized carbons (Fsp3) is 0.0625. The highest BCUT2D eigenvalue weighted by Gasteiger charge is 2.10. The van der Waals surface area contributed by atoms with E-state index in [9.17, 15) is 9.90 Å². The van der Waals surface area contributed by atoms with Gasteiger partial charge in [0.1, 0.15) is 11.5 Å². The summed E-state index contributed by atoms with van der Waals surface area (Å²) in [6, 6.07) is 15.9. The van der Waals surface area contributed by atoms with Gasteiger partial charge in [-0.05, 0) is 17.7 Å². The molecule has 3 aromatic rings. The number of benzene rings is 1. The maximum atomic E-state index is 12.1. The second kappa shape index (κ2) is 5.09. The minimum absolute atomic E-state index is 0.0375. The van der Waals surface area contributed by atoms with Crippen LogP contribution >= 0.6 is 0 Å². The van der Waals surface area contributed by atoms with Crippen LogP contribution in [0.5, 0.6) is 5.75 Å². The lowest BCUT2D eigenvalue weighted by atomic mass is 10.1. The van der Waals surface area contributed by atoms with Crippen LogP contribution in [-0.2, 0) is 6.54 Å². The molecule has 1 N–H and O–H groups in total. The predicted octanol–water partition coefficient (Wildman–Crippen LogP) is 2.86. The zero-order chi connectivity index (χ0) is 13.9. The first-order valence-corrected chi connectivity index (χ1v) is 6.26.